The summed E-state index contributed by atoms with van der Waals surface area (Å²) < 4.78 is 5.22. The smallest absolute Gasteiger partial charge is 0.240 e. The number of aromatic nitrogens is 2. The van der Waals surface area contributed by atoms with Crippen LogP contribution in [-0.2, 0) is 13.0 Å². The van der Waals surface area contributed by atoms with Crippen LogP contribution in [0.25, 0.3) is 0 Å². The Kier molecular flexibility index (Phi) is 6.45. The van der Waals surface area contributed by atoms with Gasteiger partial charge in [-0.05, 0) is 63.4 Å². The van der Waals surface area contributed by atoms with Gasteiger partial charge in [-0.25, -0.2) is 0 Å². The van der Waals surface area contributed by atoms with Gasteiger partial charge in [0.2, 0.25) is 5.89 Å². The van der Waals surface area contributed by atoms with Crippen molar-refractivity contribution in [3.8, 4) is 0 Å². The standard InChI is InChI=1S/C19H27ClN4O/c1-15-21-19(25-22-15)14-23(2)12-17-4-3-10-24(13-17)11-9-16-5-7-18(20)8-6-16/h5-8,17H,3-4,9-14H2,1-2H3/t17-/m1/s1. The molecule has 1 aromatic heterocycles. The molecular formula is C19H27ClN4O. The fraction of sp³-hybridized carbons (Fsp3) is 0.579. The van der Waals surface area contributed by atoms with Crippen molar-refractivity contribution >= 4 is 11.6 Å². The van der Waals surface area contributed by atoms with Crippen LogP contribution >= 0.6 is 11.6 Å². The molecule has 0 amide bonds. The molecule has 1 aromatic carbocycles. The third-order valence-electron chi connectivity index (χ3n) is 4.78. The molecule has 0 spiro atoms. The van der Waals surface area contributed by atoms with Crippen LogP contribution in [0.2, 0.25) is 5.02 Å². The van der Waals surface area contributed by atoms with Crippen molar-refractivity contribution in [2.24, 2.45) is 5.92 Å². The average Bonchev–Trinajstić information content (AvgIpc) is 2.99. The number of piperidine rings is 1. The predicted molar refractivity (Wildman–Crippen MR) is 99.7 cm³/mol. The van der Waals surface area contributed by atoms with Crippen molar-refractivity contribution in [3.63, 3.8) is 0 Å². The summed E-state index contributed by atoms with van der Waals surface area (Å²) in [4.78, 5) is 9.17. The van der Waals surface area contributed by atoms with Gasteiger partial charge >= 0.3 is 0 Å². The Morgan fingerprint density at radius 3 is 2.84 bits per heavy atom. The van der Waals surface area contributed by atoms with Crippen molar-refractivity contribution in [1.82, 2.24) is 19.9 Å². The Labute approximate surface area is 155 Å². The number of halogens is 1. The summed E-state index contributed by atoms with van der Waals surface area (Å²) in [7, 11) is 2.13. The second-order valence-corrected chi connectivity index (χ2v) is 7.55. The highest BCUT2D eigenvalue weighted by molar-refractivity contribution is 6.30. The second-order valence-electron chi connectivity index (χ2n) is 7.12. The van der Waals surface area contributed by atoms with E-state index in [-0.39, 0.29) is 0 Å². The Balaban J connectivity index is 1.43. The third-order valence-corrected chi connectivity index (χ3v) is 5.03. The van der Waals surface area contributed by atoms with Crippen LogP contribution in [0.15, 0.2) is 28.8 Å². The van der Waals surface area contributed by atoms with Gasteiger partial charge in [-0.2, -0.15) is 4.98 Å². The summed E-state index contributed by atoms with van der Waals surface area (Å²) in [6, 6.07) is 8.21. The fourth-order valence-electron chi connectivity index (χ4n) is 3.58. The summed E-state index contributed by atoms with van der Waals surface area (Å²) >= 11 is 5.96. The number of likely N-dealkylation sites (tertiary alicyclic amines) is 1. The molecule has 1 aliphatic heterocycles. The van der Waals surface area contributed by atoms with Gasteiger partial charge in [0.25, 0.3) is 0 Å². The molecule has 1 saturated heterocycles. The zero-order valence-corrected chi connectivity index (χ0v) is 15.9. The first-order valence-electron chi connectivity index (χ1n) is 9.03. The lowest BCUT2D eigenvalue weighted by Gasteiger charge is -2.34. The predicted octanol–water partition coefficient (Wildman–Crippen LogP) is 3.42. The van der Waals surface area contributed by atoms with Crippen molar-refractivity contribution in [3.05, 3.63) is 46.6 Å². The summed E-state index contributed by atoms with van der Waals surface area (Å²) in [6.45, 7) is 7.13. The maximum atomic E-state index is 5.96. The number of hydrogen-bond acceptors (Lipinski definition) is 5. The molecule has 1 fully saturated rings. The van der Waals surface area contributed by atoms with E-state index in [1.807, 2.05) is 19.1 Å². The molecule has 0 aliphatic carbocycles. The Morgan fingerprint density at radius 1 is 1.32 bits per heavy atom. The quantitative estimate of drug-likeness (QED) is 0.755. The normalized spacial score (nSPS) is 18.8. The first kappa shape index (κ1) is 18.4. The first-order chi connectivity index (χ1) is 12.1. The summed E-state index contributed by atoms with van der Waals surface area (Å²) in [5.74, 6) is 2.11. The highest BCUT2D eigenvalue weighted by Crippen LogP contribution is 2.19. The maximum Gasteiger partial charge on any atom is 0.240 e. The van der Waals surface area contributed by atoms with Crippen LogP contribution in [-0.4, -0.2) is 53.2 Å². The van der Waals surface area contributed by atoms with E-state index < -0.39 is 0 Å². The fourth-order valence-corrected chi connectivity index (χ4v) is 3.71. The lowest BCUT2D eigenvalue weighted by Crippen LogP contribution is -2.40. The zero-order valence-electron chi connectivity index (χ0n) is 15.1. The Bertz CT molecular complexity index is 658. The molecule has 1 aliphatic rings. The summed E-state index contributed by atoms with van der Waals surface area (Å²) in [5.41, 5.74) is 1.36. The highest BCUT2D eigenvalue weighted by atomic mass is 35.5. The van der Waals surface area contributed by atoms with Crippen LogP contribution in [0.1, 0.15) is 30.1 Å². The van der Waals surface area contributed by atoms with Gasteiger partial charge < -0.3 is 9.42 Å². The largest absolute Gasteiger partial charge is 0.338 e. The lowest BCUT2D eigenvalue weighted by atomic mass is 9.97. The number of hydrogen-bond donors (Lipinski definition) is 0. The van der Waals surface area contributed by atoms with E-state index in [9.17, 15) is 0 Å². The summed E-state index contributed by atoms with van der Waals surface area (Å²) in [6.07, 6.45) is 3.66. The third kappa shape index (κ3) is 5.80. The van der Waals surface area contributed by atoms with Gasteiger partial charge in [0.1, 0.15) is 0 Å². The van der Waals surface area contributed by atoms with Crippen molar-refractivity contribution in [1.29, 1.82) is 0 Å². The van der Waals surface area contributed by atoms with Gasteiger partial charge in [0, 0.05) is 24.7 Å². The molecule has 1 atom stereocenters. The number of aryl methyl sites for hydroxylation is 1. The average molecular weight is 363 g/mol. The minimum Gasteiger partial charge on any atom is -0.338 e. The van der Waals surface area contributed by atoms with Gasteiger partial charge in [-0.15, -0.1) is 0 Å². The van der Waals surface area contributed by atoms with E-state index in [2.05, 4.69) is 39.1 Å². The van der Waals surface area contributed by atoms with Crippen molar-refractivity contribution in [2.75, 3.05) is 33.2 Å². The molecule has 3 rings (SSSR count). The van der Waals surface area contributed by atoms with Gasteiger partial charge in [0.15, 0.2) is 5.82 Å². The van der Waals surface area contributed by atoms with E-state index in [1.54, 1.807) is 0 Å². The van der Waals surface area contributed by atoms with Crippen LogP contribution < -0.4 is 0 Å². The molecule has 0 N–H and O–H groups in total. The monoisotopic (exact) mass is 362 g/mol. The van der Waals surface area contributed by atoms with E-state index in [4.69, 9.17) is 16.1 Å². The minimum atomic E-state index is 0.702. The number of nitrogens with zero attached hydrogens (tertiary/aromatic N) is 4. The molecule has 25 heavy (non-hydrogen) atoms. The van der Waals surface area contributed by atoms with Crippen molar-refractivity contribution < 1.29 is 4.52 Å². The van der Waals surface area contributed by atoms with Gasteiger partial charge in [-0.1, -0.05) is 28.9 Å². The molecule has 0 saturated carbocycles. The van der Waals surface area contributed by atoms with Crippen LogP contribution in [0.4, 0.5) is 0 Å². The van der Waals surface area contributed by atoms with Gasteiger partial charge in [0.05, 0.1) is 6.54 Å². The molecular weight excluding hydrogens is 336 g/mol. The SMILES string of the molecule is Cc1noc(CN(C)C[C@H]2CCCN(CCc3ccc(Cl)cc3)C2)n1. The number of rotatable bonds is 7. The zero-order chi connectivity index (χ0) is 17.6. The minimum absolute atomic E-state index is 0.702. The molecule has 2 heterocycles. The van der Waals surface area contributed by atoms with E-state index >= 15 is 0 Å². The molecule has 6 heteroatoms. The second kappa shape index (κ2) is 8.79. The molecule has 5 nitrogen and oxygen atoms in total. The van der Waals surface area contributed by atoms with Crippen LogP contribution in [0.3, 0.4) is 0 Å². The molecule has 0 unspecified atom stereocenters. The van der Waals surface area contributed by atoms with Crippen molar-refractivity contribution in [2.45, 2.75) is 32.7 Å². The number of benzene rings is 1. The summed E-state index contributed by atoms with van der Waals surface area (Å²) in [5, 5.41) is 4.66. The lowest BCUT2D eigenvalue weighted by molar-refractivity contribution is 0.137. The molecule has 0 bridgehead atoms. The topological polar surface area (TPSA) is 45.4 Å². The molecule has 2 aromatic rings. The maximum absolute atomic E-state index is 5.96. The van der Waals surface area contributed by atoms with Crippen LogP contribution in [0.5, 0.6) is 0 Å². The first-order valence-corrected chi connectivity index (χ1v) is 9.41. The van der Waals surface area contributed by atoms with E-state index in [0.29, 0.717) is 17.6 Å². The van der Waals surface area contributed by atoms with Crippen LogP contribution in [0, 0.1) is 12.8 Å². The van der Waals surface area contributed by atoms with Gasteiger partial charge in [-0.3, -0.25) is 4.90 Å². The Morgan fingerprint density at radius 2 is 2.12 bits per heavy atom. The van der Waals surface area contributed by atoms with E-state index in [0.717, 1.165) is 31.1 Å². The molecule has 0 radical (unpaired) electrons. The highest BCUT2D eigenvalue weighted by Gasteiger charge is 2.21. The Hall–Kier alpha value is -1.43. The molecule has 136 valence electrons. The van der Waals surface area contributed by atoms with E-state index in [1.165, 1.54) is 31.5 Å².